The van der Waals surface area contributed by atoms with Crippen LogP contribution in [0.3, 0.4) is 0 Å². The lowest BCUT2D eigenvalue weighted by molar-refractivity contribution is -0.118. The van der Waals surface area contributed by atoms with Crippen LogP contribution in [-0.4, -0.2) is 23.2 Å². The quantitative estimate of drug-likeness (QED) is 0.635. The van der Waals surface area contributed by atoms with Crippen LogP contribution in [0.25, 0.3) is 0 Å². The number of amides is 1. The average Bonchev–Trinajstić information content (AvgIpc) is 2.72. The molecule has 1 unspecified atom stereocenters. The third-order valence-corrected chi connectivity index (χ3v) is 5.62. The summed E-state index contributed by atoms with van der Waals surface area (Å²) in [6, 6.07) is 22.0. The Balaban J connectivity index is 1.60. The summed E-state index contributed by atoms with van der Waals surface area (Å²) in [6.45, 7) is 0. The fraction of sp³-hybridized carbons (Fsp3) is 0.130. The van der Waals surface area contributed by atoms with Crippen LogP contribution in [0.15, 0.2) is 77.8 Å². The summed E-state index contributed by atoms with van der Waals surface area (Å²) in [5, 5.41) is -0.149. The van der Waals surface area contributed by atoms with Gasteiger partial charge in [0.05, 0.1) is 10.1 Å². The normalized spacial score (nSPS) is 15.7. The molecule has 1 atom stereocenters. The zero-order chi connectivity index (χ0) is 18.6. The first-order valence-corrected chi connectivity index (χ1v) is 9.64. The van der Waals surface area contributed by atoms with Gasteiger partial charge in [-0.25, -0.2) is 4.98 Å². The number of thioether (sulfide) groups is 1. The smallest absolute Gasteiger partial charge is 0.241 e. The topological polar surface area (TPSA) is 33.2 Å². The SMILES string of the molecule is CN1C(=O)C(Cc2ccccc2)Sc2cc(C#Cc3ccccc3)cnc21. The maximum absolute atomic E-state index is 12.7. The highest BCUT2D eigenvalue weighted by atomic mass is 32.2. The van der Waals surface area contributed by atoms with Crippen molar-refractivity contribution in [2.75, 3.05) is 11.9 Å². The van der Waals surface area contributed by atoms with Gasteiger partial charge in [-0.15, -0.1) is 11.8 Å². The molecule has 4 rings (SSSR count). The minimum atomic E-state index is -0.149. The second-order valence-corrected chi connectivity index (χ2v) is 7.60. The van der Waals surface area contributed by atoms with Crippen molar-refractivity contribution in [2.45, 2.75) is 16.6 Å². The van der Waals surface area contributed by atoms with Gasteiger partial charge in [0.2, 0.25) is 5.91 Å². The van der Waals surface area contributed by atoms with Crippen LogP contribution in [-0.2, 0) is 11.2 Å². The van der Waals surface area contributed by atoms with Crippen molar-refractivity contribution in [1.82, 2.24) is 4.98 Å². The summed E-state index contributed by atoms with van der Waals surface area (Å²) in [4.78, 5) is 19.9. The summed E-state index contributed by atoms with van der Waals surface area (Å²) in [6.07, 6.45) is 2.44. The first-order valence-electron chi connectivity index (χ1n) is 8.76. The molecule has 0 bridgehead atoms. The molecule has 0 saturated heterocycles. The maximum atomic E-state index is 12.7. The summed E-state index contributed by atoms with van der Waals surface area (Å²) in [5.41, 5.74) is 2.98. The Labute approximate surface area is 163 Å². The van der Waals surface area contributed by atoms with Crippen LogP contribution in [0.5, 0.6) is 0 Å². The molecule has 3 nitrogen and oxygen atoms in total. The Hall–Kier alpha value is -3.03. The van der Waals surface area contributed by atoms with Crippen molar-refractivity contribution in [3.05, 3.63) is 89.6 Å². The van der Waals surface area contributed by atoms with Crippen molar-refractivity contribution in [2.24, 2.45) is 0 Å². The molecule has 27 heavy (non-hydrogen) atoms. The molecular weight excluding hydrogens is 352 g/mol. The molecule has 3 aromatic rings. The van der Waals surface area contributed by atoms with E-state index >= 15 is 0 Å². The van der Waals surface area contributed by atoms with Gasteiger partial charge in [0.25, 0.3) is 0 Å². The number of hydrogen-bond acceptors (Lipinski definition) is 3. The average molecular weight is 370 g/mol. The van der Waals surface area contributed by atoms with Crippen molar-refractivity contribution in [3.8, 4) is 11.8 Å². The molecule has 4 heteroatoms. The highest BCUT2D eigenvalue weighted by Crippen LogP contribution is 2.38. The van der Waals surface area contributed by atoms with Gasteiger partial charge in [-0.1, -0.05) is 60.4 Å². The Morgan fingerprint density at radius 2 is 1.67 bits per heavy atom. The number of fused-ring (bicyclic) bond motifs is 1. The third-order valence-electron chi connectivity index (χ3n) is 4.41. The van der Waals surface area contributed by atoms with E-state index in [9.17, 15) is 4.79 Å². The molecule has 1 aromatic heterocycles. The number of nitrogens with zero attached hydrogens (tertiary/aromatic N) is 2. The number of carbonyl (C=O) groups is 1. The summed E-state index contributed by atoms with van der Waals surface area (Å²) >= 11 is 1.58. The molecule has 132 valence electrons. The molecule has 0 fully saturated rings. The van der Waals surface area contributed by atoms with Crippen LogP contribution < -0.4 is 4.90 Å². The van der Waals surface area contributed by atoms with Gasteiger partial charge < -0.3 is 0 Å². The van der Waals surface area contributed by atoms with Gasteiger partial charge in [0.1, 0.15) is 5.82 Å². The van der Waals surface area contributed by atoms with Crippen LogP contribution in [0, 0.1) is 11.8 Å². The minimum absolute atomic E-state index is 0.0898. The Kier molecular flexibility index (Phi) is 4.95. The van der Waals surface area contributed by atoms with E-state index in [1.165, 1.54) is 0 Å². The van der Waals surface area contributed by atoms with Crippen LogP contribution in [0.2, 0.25) is 0 Å². The van der Waals surface area contributed by atoms with Gasteiger partial charge in [-0.3, -0.25) is 9.69 Å². The molecule has 0 spiro atoms. The van der Waals surface area contributed by atoms with E-state index in [4.69, 9.17) is 0 Å². The Morgan fingerprint density at radius 1 is 1.00 bits per heavy atom. The fourth-order valence-electron chi connectivity index (χ4n) is 2.99. The number of aromatic nitrogens is 1. The molecule has 2 heterocycles. The van der Waals surface area contributed by atoms with Crippen molar-refractivity contribution >= 4 is 23.5 Å². The zero-order valence-corrected chi connectivity index (χ0v) is 15.7. The van der Waals surface area contributed by atoms with E-state index in [0.717, 1.165) is 21.6 Å². The fourth-order valence-corrected chi connectivity index (χ4v) is 4.32. The van der Waals surface area contributed by atoms with Crippen molar-refractivity contribution in [1.29, 1.82) is 0 Å². The second kappa shape index (κ2) is 7.69. The number of pyridine rings is 1. The van der Waals surface area contributed by atoms with Gasteiger partial charge in [0.15, 0.2) is 0 Å². The lowest BCUT2D eigenvalue weighted by Gasteiger charge is -2.30. The summed E-state index contributed by atoms with van der Waals surface area (Å²) in [7, 11) is 1.79. The van der Waals surface area contributed by atoms with Crippen LogP contribution in [0.1, 0.15) is 16.7 Å². The molecule has 1 amide bonds. The zero-order valence-electron chi connectivity index (χ0n) is 14.9. The lowest BCUT2D eigenvalue weighted by Crippen LogP contribution is -2.39. The molecule has 0 aliphatic carbocycles. The third kappa shape index (κ3) is 3.89. The highest BCUT2D eigenvalue weighted by Gasteiger charge is 2.32. The van der Waals surface area contributed by atoms with E-state index in [-0.39, 0.29) is 11.2 Å². The number of carbonyl (C=O) groups excluding carboxylic acids is 1. The van der Waals surface area contributed by atoms with Crippen LogP contribution in [0.4, 0.5) is 5.82 Å². The van der Waals surface area contributed by atoms with Gasteiger partial charge in [0, 0.05) is 24.4 Å². The molecular formula is C23H18N2OS. The van der Waals surface area contributed by atoms with Crippen molar-refractivity contribution < 1.29 is 4.79 Å². The summed E-state index contributed by atoms with van der Waals surface area (Å²) < 4.78 is 0. The molecule has 2 aromatic carbocycles. The molecule has 0 saturated carbocycles. The van der Waals surface area contributed by atoms with Crippen molar-refractivity contribution in [3.63, 3.8) is 0 Å². The first kappa shape index (κ1) is 17.4. The van der Waals surface area contributed by atoms with Crippen LogP contribution >= 0.6 is 11.8 Å². The highest BCUT2D eigenvalue weighted by molar-refractivity contribution is 8.01. The monoisotopic (exact) mass is 370 g/mol. The molecule has 1 aliphatic rings. The maximum Gasteiger partial charge on any atom is 0.241 e. The summed E-state index contributed by atoms with van der Waals surface area (Å²) in [5.74, 6) is 7.13. The number of hydrogen-bond donors (Lipinski definition) is 0. The number of rotatable bonds is 2. The molecule has 0 radical (unpaired) electrons. The second-order valence-electron chi connectivity index (χ2n) is 6.36. The first-order chi connectivity index (χ1) is 13.2. The van der Waals surface area contributed by atoms with E-state index in [2.05, 4.69) is 29.0 Å². The molecule has 0 N–H and O–H groups in total. The lowest BCUT2D eigenvalue weighted by atomic mass is 10.1. The predicted octanol–water partition coefficient (Wildman–Crippen LogP) is 4.16. The van der Waals surface area contributed by atoms with Gasteiger partial charge >= 0.3 is 0 Å². The van der Waals surface area contributed by atoms with E-state index in [1.807, 2.05) is 54.6 Å². The van der Waals surface area contributed by atoms with Gasteiger partial charge in [-0.05, 0) is 30.2 Å². The van der Waals surface area contributed by atoms with E-state index < -0.39 is 0 Å². The standard InChI is InChI=1S/C23H18N2OS/c1-25-22-20(27-21(23(25)26)14-18-10-6-3-7-11-18)15-19(16-24-22)13-12-17-8-4-2-5-9-17/h2-11,15-16,21H,14H2,1H3. The Morgan fingerprint density at radius 3 is 2.41 bits per heavy atom. The van der Waals surface area contributed by atoms with E-state index in [0.29, 0.717) is 12.2 Å². The minimum Gasteiger partial charge on any atom is -0.298 e. The number of benzene rings is 2. The molecule has 1 aliphatic heterocycles. The van der Waals surface area contributed by atoms with E-state index in [1.54, 1.807) is 29.9 Å². The number of anilines is 1. The largest absolute Gasteiger partial charge is 0.298 e. The predicted molar refractivity (Wildman–Crippen MR) is 110 cm³/mol. The van der Waals surface area contributed by atoms with Gasteiger partial charge in [-0.2, -0.15) is 0 Å². The Bertz CT molecular complexity index is 1020.